The second kappa shape index (κ2) is 9.49. The van der Waals surface area contributed by atoms with Crippen LogP contribution in [-0.2, 0) is 18.0 Å². The van der Waals surface area contributed by atoms with Gasteiger partial charge >= 0.3 is 5.97 Å². The molecular weight excluding hydrogens is 407 g/mol. The van der Waals surface area contributed by atoms with Gasteiger partial charge in [-0.15, -0.1) is 0 Å². The fourth-order valence-corrected chi connectivity index (χ4v) is 2.73. The van der Waals surface area contributed by atoms with E-state index in [0.717, 1.165) is 6.07 Å². The third-order valence-corrected chi connectivity index (χ3v) is 4.34. The molecule has 0 atom stereocenters. The standard InChI is InChI=1S/C22H17FN2O6/c23-17-9-5-14(6-10-17)12-30-20-4-2-1-3-18(20)22(27)31-13-16-8-7-15(21(24)26)11-19(16)25(28)29/h1-11H,12-13H2,(H2,24,26). The van der Waals surface area contributed by atoms with E-state index >= 15 is 0 Å². The Kier molecular flexibility index (Phi) is 6.56. The number of carbonyl (C=O) groups is 2. The molecule has 0 unspecified atom stereocenters. The Bertz CT molecular complexity index is 1130. The Hall–Kier alpha value is -4.27. The van der Waals surface area contributed by atoms with Crippen molar-refractivity contribution in [2.75, 3.05) is 0 Å². The molecule has 158 valence electrons. The predicted molar refractivity (Wildman–Crippen MR) is 108 cm³/mol. The molecule has 0 aliphatic carbocycles. The second-order valence-corrected chi connectivity index (χ2v) is 6.45. The van der Waals surface area contributed by atoms with E-state index in [1.807, 2.05) is 0 Å². The van der Waals surface area contributed by atoms with Crippen LogP contribution in [0.3, 0.4) is 0 Å². The fourth-order valence-electron chi connectivity index (χ4n) is 2.73. The molecule has 0 saturated heterocycles. The lowest BCUT2D eigenvalue weighted by atomic mass is 10.1. The van der Waals surface area contributed by atoms with Gasteiger partial charge in [0.05, 0.1) is 10.5 Å². The molecule has 3 aromatic rings. The van der Waals surface area contributed by atoms with Crippen LogP contribution in [0.25, 0.3) is 0 Å². The number of ether oxygens (including phenoxy) is 2. The quantitative estimate of drug-likeness (QED) is 0.334. The minimum atomic E-state index is -0.807. The number of hydrogen-bond acceptors (Lipinski definition) is 6. The van der Waals surface area contributed by atoms with Gasteiger partial charge in [0.25, 0.3) is 5.69 Å². The fraction of sp³-hybridized carbons (Fsp3) is 0.0909. The molecule has 1 amide bonds. The van der Waals surface area contributed by atoms with Crippen molar-refractivity contribution in [1.29, 1.82) is 0 Å². The molecule has 0 spiro atoms. The lowest BCUT2D eigenvalue weighted by Gasteiger charge is -2.12. The van der Waals surface area contributed by atoms with Crippen LogP contribution < -0.4 is 10.5 Å². The van der Waals surface area contributed by atoms with E-state index in [9.17, 15) is 24.1 Å². The van der Waals surface area contributed by atoms with Gasteiger partial charge in [-0.05, 0) is 42.0 Å². The smallest absolute Gasteiger partial charge is 0.342 e. The maximum absolute atomic E-state index is 13.0. The van der Waals surface area contributed by atoms with Crippen molar-refractivity contribution in [3.8, 4) is 5.75 Å². The van der Waals surface area contributed by atoms with E-state index in [0.29, 0.717) is 5.56 Å². The van der Waals surface area contributed by atoms with Gasteiger partial charge in [-0.1, -0.05) is 24.3 Å². The SMILES string of the molecule is NC(=O)c1ccc(COC(=O)c2ccccc2OCc2ccc(F)cc2)c([N+](=O)[O-])c1. The lowest BCUT2D eigenvalue weighted by molar-refractivity contribution is -0.385. The number of amides is 1. The zero-order valence-corrected chi connectivity index (χ0v) is 16.1. The molecular formula is C22H17FN2O6. The second-order valence-electron chi connectivity index (χ2n) is 6.45. The first-order valence-corrected chi connectivity index (χ1v) is 9.05. The highest BCUT2D eigenvalue weighted by Crippen LogP contribution is 2.24. The van der Waals surface area contributed by atoms with E-state index < -0.39 is 16.8 Å². The topological polar surface area (TPSA) is 122 Å². The number of nitrogens with two attached hydrogens (primary N) is 1. The third kappa shape index (κ3) is 5.41. The molecule has 0 aliphatic rings. The van der Waals surface area contributed by atoms with Gasteiger partial charge in [-0.3, -0.25) is 14.9 Å². The summed E-state index contributed by atoms with van der Waals surface area (Å²) in [5.41, 5.74) is 5.67. The van der Waals surface area contributed by atoms with E-state index in [4.69, 9.17) is 15.2 Å². The maximum Gasteiger partial charge on any atom is 0.342 e. The molecule has 0 heterocycles. The highest BCUT2D eigenvalue weighted by molar-refractivity contribution is 5.94. The Morgan fingerprint density at radius 1 is 1.00 bits per heavy atom. The first kappa shape index (κ1) is 21.4. The van der Waals surface area contributed by atoms with Crippen molar-refractivity contribution in [2.45, 2.75) is 13.2 Å². The molecule has 0 bridgehead atoms. The van der Waals surface area contributed by atoms with Crippen LogP contribution in [0, 0.1) is 15.9 Å². The first-order chi connectivity index (χ1) is 14.8. The van der Waals surface area contributed by atoms with Crippen molar-refractivity contribution in [1.82, 2.24) is 0 Å². The van der Waals surface area contributed by atoms with Crippen molar-refractivity contribution < 1.29 is 28.4 Å². The number of para-hydroxylation sites is 1. The number of hydrogen-bond donors (Lipinski definition) is 1. The van der Waals surface area contributed by atoms with Gasteiger partial charge in [0.2, 0.25) is 5.91 Å². The Morgan fingerprint density at radius 3 is 2.39 bits per heavy atom. The van der Waals surface area contributed by atoms with Crippen molar-refractivity contribution in [3.05, 3.63) is 105 Å². The van der Waals surface area contributed by atoms with Crippen LogP contribution >= 0.6 is 0 Å². The van der Waals surface area contributed by atoms with Crippen molar-refractivity contribution >= 4 is 17.6 Å². The van der Waals surface area contributed by atoms with Crippen LogP contribution in [-0.4, -0.2) is 16.8 Å². The number of carbonyl (C=O) groups excluding carboxylic acids is 2. The normalized spacial score (nSPS) is 10.4. The summed E-state index contributed by atoms with van der Waals surface area (Å²) in [6, 6.07) is 15.7. The van der Waals surface area contributed by atoms with Crippen molar-refractivity contribution in [2.24, 2.45) is 5.73 Å². The van der Waals surface area contributed by atoms with Gasteiger partial charge in [0.15, 0.2) is 0 Å². The summed E-state index contributed by atoms with van der Waals surface area (Å²) in [4.78, 5) is 34.4. The number of nitrogens with zero attached hydrogens (tertiary/aromatic N) is 1. The summed E-state index contributed by atoms with van der Waals surface area (Å²) >= 11 is 0. The Balaban J connectivity index is 1.72. The molecule has 31 heavy (non-hydrogen) atoms. The summed E-state index contributed by atoms with van der Waals surface area (Å²) in [6.07, 6.45) is 0. The average molecular weight is 424 g/mol. The number of esters is 1. The van der Waals surface area contributed by atoms with Gasteiger partial charge in [-0.2, -0.15) is 0 Å². The van der Waals surface area contributed by atoms with Crippen LogP contribution in [0.15, 0.2) is 66.7 Å². The number of rotatable bonds is 8. The maximum atomic E-state index is 13.0. The molecule has 8 nitrogen and oxygen atoms in total. The van der Waals surface area contributed by atoms with Crippen LogP contribution in [0.5, 0.6) is 5.75 Å². The Morgan fingerprint density at radius 2 is 1.71 bits per heavy atom. The zero-order valence-electron chi connectivity index (χ0n) is 16.1. The predicted octanol–water partition coefficient (Wildman–Crippen LogP) is 3.77. The number of nitro benzene ring substituents is 1. The zero-order chi connectivity index (χ0) is 22.4. The third-order valence-electron chi connectivity index (χ3n) is 4.34. The minimum absolute atomic E-state index is 0.0266. The number of halogens is 1. The molecule has 0 aliphatic heterocycles. The Labute approximate surface area is 176 Å². The summed E-state index contributed by atoms with van der Waals surface area (Å²) in [5.74, 6) is -1.68. The van der Waals surface area contributed by atoms with Crippen LogP contribution in [0.2, 0.25) is 0 Å². The van der Waals surface area contributed by atoms with Gasteiger partial charge in [0.1, 0.15) is 30.3 Å². The van der Waals surface area contributed by atoms with Gasteiger partial charge < -0.3 is 15.2 Å². The van der Waals surface area contributed by atoms with Gasteiger partial charge in [-0.25, -0.2) is 9.18 Å². The molecule has 0 aromatic heterocycles. The van der Waals surface area contributed by atoms with Crippen LogP contribution in [0.4, 0.5) is 10.1 Å². The minimum Gasteiger partial charge on any atom is -0.488 e. The van der Waals surface area contributed by atoms with Crippen LogP contribution in [0.1, 0.15) is 31.8 Å². The highest BCUT2D eigenvalue weighted by Gasteiger charge is 2.20. The van der Waals surface area contributed by atoms with E-state index in [1.54, 1.807) is 30.3 Å². The highest BCUT2D eigenvalue weighted by atomic mass is 19.1. The summed E-state index contributed by atoms with van der Waals surface area (Å²) < 4.78 is 23.9. The molecule has 0 saturated carbocycles. The molecule has 0 fully saturated rings. The molecule has 3 rings (SSSR count). The molecule has 3 aromatic carbocycles. The lowest BCUT2D eigenvalue weighted by Crippen LogP contribution is -2.12. The first-order valence-electron chi connectivity index (χ1n) is 9.05. The van der Waals surface area contributed by atoms with E-state index in [-0.39, 0.29) is 47.2 Å². The number of primary amides is 1. The number of benzene rings is 3. The number of nitro groups is 1. The van der Waals surface area contributed by atoms with E-state index in [1.165, 1.54) is 30.3 Å². The summed E-state index contributed by atoms with van der Waals surface area (Å²) in [5, 5.41) is 11.3. The monoisotopic (exact) mass is 424 g/mol. The molecule has 0 radical (unpaired) electrons. The molecule has 2 N–H and O–H groups in total. The largest absolute Gasteiger partial charge is 0.488 e. The van der Waals surface area contributed by atoms with E-state index in [2.05, 4.69) is 0 Å². The summed E-state index contributed by atoms with van der Waals surface area (Å²) in [7, 11) is 0. The summed E-state index contributed by atoms with van der Waals surface area (Å²) in [6.45, 7) is -0.287. The average Bonchev–Trinajstić information content (AvgIpc) is 2.77. The molecule has 9 heteroatoms. The van der Waals surface area contributed by atoms with Gasteiger partial charge in [0, 0.05) is 11.6 Å². The van der Waals surface area contributed by atoms with Crippen molar-refractivity contribution in [3.63, 3.8) is 0 Å².